The van der Waals surface area contributed by atoms with Crippen LogP contribution in [0, 0.1) is 10.1 Å². The van der Waals surface area contributed by atoms with Gasteiger partial charge in [-0.15, -0.1) is 0 Å². The Balaban J connectivity index is 1.46. The van der Waals surface area contributed by atoms with Crippen LogP contribution in [-0.2, 0) is 14.8 Å². The highest BCUT2D eigenvalue weighted by Crippen LogP contribution is 2.33. The largest absolute Gasteiger partial charge is 0.378 e. The molecule has 1 aliphatic rings. The highest BCUT2D eigenvalue weighted by molar-refractivity contribution is 7.92. The average Bonchev–Trinajstić information content (AvgIpc) is 3.39. The monoisotopic (exact) mass is 598 g/mol. The molecule has 14 heteroatoms. The molecular formula is C26H23ClN6O5S2. The van der Waals surface area contributed by atoms with E-state index in [0.29, 0.717) is 18.2 Å². The first-order valence-electron chi connectivity index (χ1n) is 12.0. The molecule has 1 aromatic heterocycles. The molecule has 0 atom stereocenters. The Hall–Kier alpha value is -4.04. The number of benzene rings is 3. The van der Waals surface area contributed by atoms with Crippen LogP contribution < -0.4 is 15.0 Å². The van der Waals surface area contributed by atoms with Crippen LogP contribution >= 0.6 is 22.9 Å². The predicted octanol–water partition coefficient (Wildman–Crippen LogP) is 5.46. The molecule has 0 radical (unpaired) electrons. The number of sulfonamides is 1. The second-order valence-electron chi connectivity index (χ2n) is 8.59. The topological polar surface area (TPSA) is 139 Å². The van der Waals surface area contributed by atoms with Gasteiger partial charge in [-0.2, -0.15) is 5.10 Å². The van der Waals surface area contributed by atoms with Crippen molar-refractivity contribution in [3.63, 3.8) is 0 Å². The average molecular weight is 599 g/mol. The molecule has 3 aromatic carbocycles. The van der Waals surface area contributed by atoms with E-state index in [-0.39, 0.29) is 22.0 Å². The Morgan fingerprint density at radius 2 is 1.80 bits per heavy atom. The summed E-state index contributed by atoms with van der Waals surface area (Å²) in [4.78, 5) is 18.2. The fraction of sp³-hybridized carbons (Fsp3) is 0.154. The van der Waals surface area contributed by atoms with Gasteiger partial charge in [-0.1, -0.05) is 53.3 Å². The molecule has 0 spiro atoms. The van der Waals surface area contributed by atoms with Crippen molar-refractivity contribution in [2.75, 3.05) is 41.4 Å². The number of ether oxygens (including phenoxy) is 1. The van der Waals surface area contributed by atoms with Crippen molar-refractivity contribution in [1.82, 2.24) is 4.98 Å². The van der Waals surface area contributed by atoms with Gasteiger partial charge in [-0.05, 0) is 30.3 Å². The summed E-state index contributed by atoms with van der Waals surface area (Å²) in [5.74, 6) is 0. The Morgan fingerprint density at radius 1 is 1.07 bits per heavy atom. The van der Waals surface area contributed by atoms with Crippen molar-refractivity contribution in [3.8, 4) is 11.3 Å². The van der Waals surface area contributed by atoms with E-state index in [2.05, 4.69) is 20.1 Å². The van der Waals surface area contributed by atoms with Gasteiger partial charge in [0.2, 0.25) is 0 Å². The number of nitrogens with one attached hydrogen (secondary N) is 2. The Bertz CT molecular complexity index is 1640. The van der Waals surface area contributed by atoms with E-state index >= 15 is 0 Å². The summed E-state index contributed by atoms with van der Waals surface area (Å²) in [7, 11) is -4.23. The summed E-state index contributed by atoms with van der Waals surface area (Å²) in [6.45, 7) is 2.68. The molecule has 2 heterocycles. The molecule has 2 N–H and O–H groups in total. The number of nitro groups is 1. The molecule has 0 unspecified atom stereocenters. The smallest absolute Gasteiger partial charge is 0.270 e. The highest BCUT2D eigenvalue weighted by Gasteiger charge is 2.23. The maximum Gasteiger partial charge on any atom is 0.270 e. The van der Waals surface area contributed by atoms with Crippen molar-refractivity contribution < 1.29 is 18.1 Å². The van der Waals surface area contributed by atoms with Crippen LogP contribution in [-0.4, -0.2) is 50.8 Å². The fourth-order valence-electron chi connectivity index (χ4n) is 3.93. The number of anilines is 3. The first-order valence-corrected chi connectivity index (χ1v) is 14.7. The van der Waals surface area contributed by atoms with E-state index in [9.17, 15) is 18.5 Å². The zero-order chi connectivity index (χ0) is 28.1. The number of rotatable bonds is 9. The molecule has 206 valence electrons. The fourth-order valence-corrected chi connectivity index (χ4v) is 6.30. The van der Waals surface area contributed by atoms with Gasteiger partial charge in [0.1, 0.15) is 4.90 Å². The predicted molar refractivity (Wildman–Crippen MR) is 157 cm³/mol. The molecule has 1 fully saturated rings. The number of halogens is 1. The minimum atomic E-state index is -4.23. The Morgan fingerprint density at radius 3 is 2.50 bits per heavy atom. The standard InChI is InChI=1S/C26H23ClN6O5S2/c27-19-6-8-20(9-7-19)31-40(36,37)24-16-21(33(34)35)10-11-22(24)30-28-17-23-25(18-4-2-1-3-5-18)29-26(39-23)32-12-14-38-15-13-32/h1-11,16-17,30-31H,12-15H2/b28-17-. The molecule has 0 saturated carbocycles. The third-order valence-electron chi connectivity index (χ3n) is 5.90. The zero-order valence-corrected chi connectivity index (χ0v) is 23.2. The maximum absolute atomic E-state index is 13.3. The second-order valence-corrected chi connectivity index (χ2v) is 11.7. The molecular weight excluding hydrogens is 576 g/mol. The number of non-ortho nitro benzene ring substituents is 1. The molecule has 11 nitrogen and oxygen atoms in total. The number of hydrogen-bond donors (Lipinski definition) is 2. The molecule has 0 bridgehead atoms. The van der Waals surface area contributed by atoms with Crippen molar-refractivity contribution in [1.29, 1.82) is 0 Å². The third kappa shape index (κ3) is 6.39. The number of hydrazone groups is 1. The van der Waals surface area contributed by atoms with Crippen LogP contribution in [0.25, 0.3) is 11.3 Å². The molecule has 0 amide bonds. The molecule has 0 aliphatic carbocycles. The van der Waals surface area contributed by atoms with Gasteiger partial charge in [0.05, 0.1) is 40.6 Å². The molecule has 4 aromatic rings. The van der Waals surface area contributed by atoms with Crippen LogP contribution in [0.1, 0.15) is 4.88 Å². The lowest BCUT2D eigenvalue weighted by atomic mass is 10.1. The van der Waals surface area contributed by atoms with Crippen LogP contribution in [0.3, 0.4) is 0 Å². The SMILES string of the molecule is O=[N+]([O-])c1ccc(N/N=C\c2sc(N3CCOCC3)nc2-c2ccccc2)c(S(=O)(=O)Nc2ccc(Cl)cc2)c1. The van der Waals surface area contributed by atoms with Crippen LogP contribution in [0.5, 0.6) is 0 Å². The molecule has 1 saturated heterocycles. The number of nitrogens with zero attached hydrogens (tertiary/aromatic N) is 4. The first-order chi connectivity index (χ1) is 19.3. The maximum atomic E-state index is 13.3. The molecule has 1 aliphatic heterocycles. The zero-order valence-electron chi connectivity index (χ0n) is 20.9. The minimum absolute atomic E-state index is 0.0579. The summed E-state index contributed by atoms with van der Waals surface area (Å²) in [5, 5.41) is 17.0. The van der Waals surface area contributed by atoms with E-state index < -0.39 is 14.9 Å². The quantitative estimate of drug-likeness (QED) is 0.147. The lowest BCUT2D eigenvalue weighted by molar-refractivity contribution is -0.385. The summed E-state index contributed by atoms with van der Waals surface area (Å²) >= 11 is 7.35. The summed E-state index contributed by atoms with van der Waals surface area (Å²) < 4.78 is 34.4. The second kappa shape index (κ2) is 12.0. The number of thiazole rings is 1. The van der Waals surface area contributed by atoms with Crippen LogP contribution in [0.2, 0.25) is 5.02 Å². The van der Waals surface area contributed by atoms with Gasteiger partial charge < -0.3 is 9.64 Å². The van der Waals surface area contributed by atoms with E-state index in [1.165, 1.54) is 47.7 Å². The van der Waals surface area contributed by atoms with E-state index in [4.69, 9.17) is 21.3 Å². The van der Waals surface area contributed by atoms with E-state index in [1.54, 1.807) is 6.21 Å². The van der Waals surface area contributed by atoms with Gasteiger partial charge in [-0.3, -0.25) is 20.3 Å². The third-order valence-corrected chi connectivity index (χ3v) is 8.62. The van der Waals surface area contributed by atoms with Gasteiger partial charge in [0.25, 0.3) is 15.7 Å². The van der Waals surface area contributed by atoms with Crippen molar-refractivity contribution in [2.24, 2.45) is 5.10 Å². The van der Waals surface area contributed by atoms with Crippen molar-refractivity contribution in [3.05, 3.63) is 92.8 Å². The van der Waals surface area contributed by atoms with Gasteiger partial charge in [-0.25, -0.2) is 13.4 Å². The summed E-state index contributed by atoms with van der Waals surface area (Å²) in [6, 6.07) is 19.2. The van der Waals surface area contributed by atoms with Crippen LogP contribution in [0.4, 0.5) is 22.2 Å². The van der Waals surface area contributed by atoms with Gasteiger partial charge >= 0.3 is 0 Å². The Kier molecular flexibility index (Phi) is 8.26. The normalized spacial score (nSPS) is 13.9. The van der Waals surface area contributed by atoms with Gasteiger partial charge in [0.15, 0.2) is 5.13 Å². The van der Waals surface area contributed by atoms with Gasteiger partial charge in [0, 0.05) is 41.5 Å². The van der Waals surface area contributed by atoms with E-state index in [0.717, 1.165) is 40.4 Å². The van der Waals surface area contributed by atoms with E-state index in [1.807, 2.05) is 30.3 Å². The lowest BCUT2D eigenvalue weighted by Crippen LogP contribution is -2.36. The van der Waals surface area contributed by atoms with Crippen molar-refractivity contribution in [2.45, 2.75) is 4.90 Å². The molecule has 40 heavy (non-hydrogen) atoms. The minimum Gasteiger partial charge on any atom is -0.378 e. The lowest BCUT2D eigenvalue weighted by Gasteiger charge is -2.26. The number of hydrogen-bond acceptors (Lipinski definition) is 10. The number of aromatic nitrogens is 1. The van der Waals surface area contributed by atoms with Crippen LogP contribution in [0.15, 0.2) is 82.8 Å². The van der Waals surface area contributed by atoms with Crippen molar-refractivity contribution >= 4 is 61.4 Å². The number of morpholine rings is 1. The number of nitro benzene ring substituents is 1. The summed E-state index contributed by atoms with van der Waals surface area (Å²) in [6.07, 6.45) is 1.56. The highest BCUT2D eigenvalue weighted by atomic mass is 35.5. The Labute approximate surface area is 239 Å². The first kappa shape index (κ1) is 27.5. The molecule has 5 rings (SSSR count). The summed E-state index contributed by atoms with van der Waals surface area (Å²) in [5.41, 5.74) is 4.32.